The molecule has 1 aliphatic rings. The first-order chi connectivity index (χ1) is 14.6. The van der Waals surface area contributed by atoms with Crippen LogP contribution in [0.5, 0.6) is 11.5 Å². The van der Waals surface area contributed by atoms with Crippen molar-refractivity contribution in [2.24, 2.45) is 0 Å². The second-order valence-electron chi connectivity index (χ2n) is 7.16. The Morgan fingerprint density at radius 3 is 2.63 bits per heavy atom. The van der Waals surface area contributed by atoms with E-state index in [-0.39, 0.29) is 17.4 Å². The first-order valence-electron chi connectivity index (χ1n) is 9.74. The van der Waals surface area contributed by atoms with Crippen molar-refractivity contribution in [3.05, 3.63) is 62.8 Å². The van der Waals surface area contributed by atoms with Gasteiger partial charge in [-0.05, 0) is 36.4 Å². The summed E-state index contributed by atoms with van der Waals surface area (Å²) in [7, 11) is 3.12. The van der Waals surface area contributed by atoms with E-state index in [0.717, 1.165) is 18.4 Å². The predicted molar refractivity (Wildman–Crippen MR) is 116 cm³/mol. The molecule has 0 atom stereocenters. The minimum Gasteiger partial charge on any atom is -0.497 e. The Bertz CT molecular complexity index is 1090. The van der Waals surface area contributed by atoms with Crippen LogP contribution in [0.15, 0.2) is 45.9 Å². The molecular formula is C22H23N3O4S. The largest absolute Gasteiger partial charge is 0.497 e. The van der Waals surface area contributed by atoms with E-state index in [1.54, 1.807) is 43.8 Å². The summed E-state index contributed by atoms with van der Waals surface area (Å²) in [6, 6.07) is 8.69. The van der Waals surface area contributed by atoms with Crippen LogP contribution in [-0.4, -0.2) is 48.1 Å². The van der Waals surface area contributed by atoms with Crippen LogP contribution in [0.1, 0.15) is 34.9 Å². The number of benzene rings is 1. The number of H-pyrrole nitrogens is 1. The molecule has 156 valence electrons. The lowest BCUT2D eigenvalue weighted by Gasteiger charge is -2.32. The van der Waals surface area contributed by atoms with E-state index in [4.69, 9.17) is 9.47 Å². The van der Waals surface area contributed by atoms with Crippen molar-refractivity contribution < 1.29 is 14.3 Å². The number of ether oxygens (including phenoxy) is 2. The fourth-order valence-electron chi connectivity index (χ4n) is 3.73. The second-order valence-corrected chi connectivity index (χ2v) is 7.94. The maximum atomic E-state index is 13.0. The molecule has 0 aliphatic carbocycles. The molecule has 1 fully saturated rings. The summed E-state index contributed by atoms with van der Waals surface area (Å²) >= 11 is 1.57. The molecule has 30 heavy (non-hydrogen) atoms. The quantitative estimate of drug-likeness (QED) is 0.676. The number of nitrogens with zero attached hydrogens (tertiary/aromatic N) is 2. The van der Waals surface area contributed by atoms with Crippen LogP contribution in [0.2, 0.25) is 0 Å². The zero-order valence-electron chi connectivity index (χ0n) is 16.9. The lowest BCUT2D eigenvalue weighted by Crippen LogP contribution is -2.38. The first kappa shape index (κ1) is 20.2. The number of aromatic nitrogens is 2. The summed E-state index contributed by atoms with van der Waals surface area (Å²) in [4.78, 5) is 34.6. The van der Waals surface area contributed by atoms with Crippen molar-refractivity contribution in [3.63, 3.8) is 0 Å². The molecule has 4 rings (SSSR count). The fourth-order valence-corrected chi connectivity index (χ4v) is 4.38. The highest BCUT2D eigenvalue weighted by atomic mass is 32.1. The molecule has 0 saturated carbocycles. The highest BCUT2D eigenvalue weighted by Gasteiger charge is 2.27. The Labute approximate surface area is 178 Å². The third-order valence-electron chi connectivity index (χ3n) is 5.38. The summed E-state index contributed by atoms with van der Waals surface area (Å²) < 4.78 is 10.6. The van der Waals surface area contributed by atoms with Gasteiger partial charge >= 0.3 is 0 Å². The molecule has 1 aromatic carbocycles. The van der Waals surface area contributed by atoms with Crippen molar-refractivity contribution in [1.82, 2.24) is 14.9 Å². The van der Waals surface area contributed by atoms with Gasteiger partial charge in [0, 0.05) is 42.1 Å². The molecule has 3 heterocycles. The van der Waals surface area contributed by atoms with Gasteiger partial charge in [-0.3, -0.25) is 9.59 Å². The lowest BCUT2D eigenvalue weighted by molar-refractivity contribution is 0.0707. The molecule has 0 unspecified atom stereocenters. The van der Waals surface area contributed by atoms with Gasteiger partial charge in [0.05, 0.1) is 25.5 Å². The maximum Gasteiger partial charge on any atom is 0.257 e. The number of methoxy groups -OCH3 is 2. The van der Waals surface area contributed by atoms with Gasteiger partial charge < -0.3 is 19.4 Å². The number of carbonyl (C=O) groups excluding carboxylic acids is 1. The maximum absolute atomic E-state index is 13.0. The molecule has 0 radical (unpaired) electrons. The van der Waals surface area contributed by atoms with Crippen LogP contribution in [-0.2, 0) is 0 Å². The zero-order chi connectivity index (χ0) is 21.1. The monoisotopic (exact) mass is 425 g/mol. The minimum atomic E-state index is -0.150. The Morgan fingerprint density at radius 2 is 1.97 bits per heavy atom. The van der Waals surface area contributed by atoms with Crippen LogP contribution in [0.4, 0.5) is 0 Å². The van der Waals surface area contributed by atoms with Crippen LogP contribution in [0.3, 0.4) is 0 Å². The number of piperidine rings is 1. The predicted octanol–water partition coefficient (Wildman–Crippen LogP) is 3.54. The molecule has 1 aliphatic heterocycles. The van der Waals surface area contributed by atoms with E-state index >= 15 is 0 Å². The van der Waals surface area contributed by atoms with E-state index in [9.17, 15) is 9.59 Å². The molecule has 1 saturated heterocycles. The number of carbonyl (C=O) groups is 1. The number of amides is 1. The van der Waals surface area contributed by atoms with Gasteiger partial charge in [0.15, 0.2) is 0 Å². The van der Waals surface area contributed by atoms with E-state index in [1.165, 1.54) is 6.07 Å². The number of hydrogen-bond acceptors (Lipinski definition) is 6. The van der Waals surface area contributed by atoms with Crippen molar-refractivity contribution in [3.8, 4) is 22.8 Å². The number of thiophene rings is 1. The number of likely N-dealkylation sites (tertiary alicyclic amines) is 1. The van der Waals surface area contributed by atoms with Crippen molar-refractivity contribution in [2.45, 2.75) is 18.8 Å². The molecule has 1 N–H and O–H groups in total. The molecule has 7 nitrogen and oxygen atoms in total. The number of aromatic amines is 1. The molecule has 8 heteroatoms. The molecule has 3 aromatic rings. The van der Waals surface area contributed by atoms with Crippen molar-refractivity contribution >= 4 is 17.2 Å². The average molecular weight is 426 g/mol. The summed E-state index contributed by atoms with van der Waals surface area (Å²) in [5.74, 6) is 1.87. The van der Waals surface area contributed by atoms with Gasteiger partial charge in [0.1, 0.15) is 17.3 Å². The molecule has 1 amide bonds. The third kappa shape index (κ3) is 4.09. The second kappa shape index (κ2) is 8.71. The third-order valence-corrected chi connectivity index (χ3v) is 6.07. The van der Waals surface area contributed by atoms with E-state index in [2.05, 4.69) is 9.97 Å². The average Bonchev–Trinajstić information content (AvgIpc) is 3.33. The summed E-state index contributed by atoms with van der Waals surface area (Å²) in [6.45, 7) is 1.18. The SMILES string of the molecule is COc1ccc(C(=O)N2CCC(c3nc(-c4ccsc4)cc(=O)[nH]3)CC2)c(OC)c1. The van der Waals surface area contributed by atoms with Gasteiger partial charge in [0.25, 0.3) is 11.5 Å². The standard InChI is InChI=1S/C22H23N3O4S/c1-28-16-3-4-17(19(11-16)29-2)22(27)25-8-5-14(6-9-25)21-23-18(12-20(26)24-21)15-7-10-30-13-15/h3-4,7,10-14H,5-6,8-9H2,1-2H3,(H,23,24,26). The van der Waals surface area contributed by atoms with Gasteiger partial charge in [-0.15, -0.1) is 0 Å². The lowest BCUT2D eigenvalue weighted by atomic mass is 9.95. The summed E-state index contributed by atoms with van der Waals surface area (Å²) in [6.07, 6.45) is 1.47. The molecule has 0 spiro atoms. The van der Waals surface area contributed by atoms with Crippen LogP contribution in [0, 0.1) is 0 Å². The van der Waals surface area contributed by atoms with Crippen molar-refractivity contribution in [1.29, 1.82) is 0 Å². The zero-order valence-corrected chi connectivity index (χ0v) is 17.7. The normalized spacial score (nSPS) is 14.5. The highest BCUT2D eigenvalue weighted by Crippen LogP contribution is 2.30. The highest BCUT2D eigenvalue weighted by molar-refractivity contribution is 7.08. The summed E-state index contributed by atoms with van der Waals surface area (Å²) in [5.41, 5.74) is 2.01. The summed E-state index contributed by atoms with van der Waals surface area (Å²) in [5, 5.41) is 3.95. The van der Waals surface area contributed by atoms with E-state index in [1.807, 2.05) is 21.7 Å². The van der Waals surface area contributed by atoms with Gasteiger partial charge in [-0.25, -0.2) is 4.98 Å². The first-order valence-corrected chi connectivity index (χ1v) is 10.7. The van der Waals surface area contributed by atoms with Gasteiger partial charge in [-0.2, -0.15) is 11.3 Å². The molecular weight excluding hydrogens is 402 g/mol. The molecule has 0 bridgehead atoms. The molecule has 2 aromatic heterocycles. The smallest absolute Gasteiger partial charge is 0.257 e. The van der Waals surface area contributed by atoms with Crippen LogP contribution >= 0.6 is 11.3 Å². The Hall–Kier alpha value is -3.13. The topological polar surface area (TPSA) is 84.5 Å². The van der Waals surface area contributed by atoms with E-state index in [0.29, 0.717) is 41.7 Å². The fraction of sp³-hybridized carbons (Fsp3) is 0.318. The van der Waals surface area contributed by atoms with Crippen molar-refractivity contribution in [2.75, 3.05) is 27.3 Å². The Morgan fingerprint density at radius 1 is 1.17 bits per heavy atom. The number of hydrogen-bond donors (Lipinski definition) is 1. The minimum absolute atomic E-state index is 0.0681. The number of rotatable bonds is 5. The van der Waals surface area contributed by atoms with E-state index < -0.39 is 0 Å². The van der Waals surface area contributed by atoms with Gasteiger partial charge in [-0.1, -0.05) is 0 Å². The van der Waals surface area contributed by atoms with Crippen LogP contribution in [0.25, 0.3) is 11.3 Å². The Balaban J connectivity index is 1.48. The van der Waals surface area contributed by atoms with Crippen LogP contribution < -0.4 is 15.0 Å². The van der Waals surface area contributed by atoms with Gasteiger partial charge in [0.2, 0.25) is 0 Å². The Kier molecular flexibility index (Phi) is 5.85. The number of nitrogens with one attached hydrogen (secondary N) is 1.